The first-order valence-corrected chi connectivity index (χ1v) is 5.15. The largest absolute Gasteiger partial charge is 0.397 e. The Morgan fingerprint density at radius 1 is 1.47 bits per heavy atom. The van der Waals surface area contributed by atoms with Gasteiger partial charge in [-0.05, 0) is 28.7 Å². The predicted molar refractivity (Wildman–Crippen MR) is 63.2 cm³/mol. The minimum absolute atomic E-state index is 0.412. The number of halogens is 1. The van der Waals surface area contributed by atoms with Crippen molar-refractivity contribution in [3.63, 3.8) is 0 Å². The minimum atomic E-state index is 0.412. The van der Waals surface area contributed by atoms with Crippen LogP contribution in [0.3, 0.4) is 0 Å². The summed E-state index contributed by atoms with van der Waals surface area (Å²) in [5.74, 6) is 0.495. The Morgan fingerprint density at radius 3 is 2.87 bits per heavy atom. The van der Waals surface area contributed by atoms with Crippen LogP contribution >= 0.6 is 22.6 Å². The fourth-order valence-corrected chi connectivity index (χ4v) is 1.54. The molecular formula is C9H6IN5. The van der Waals surface area contributed by atoms with Crippen LogP contribution in [0.2, 0.25) is 0 Å². The van der Waals surface area contributed by atoms with Crippen molar-refractivity contribution in [2.45, 2.75) is 0 Å². The number of anilines is 1. The highest BCUT2D eigenvalue weighted by Crippen LogP contribution is 2.14. The summed E-state index contributed by atoms with van der Waals surface area (Å²) in [6, 6.07) is 3.62. The average Bonchev–Trinajstić information content (AvgIpc) is 2.64. The van der Waals surface area contributed by atoms with E-state index in [9.17, 15) is 0 Å². The van der Waals surface area contributed by atoms with E-state index in [1.54, 1.807) is 23.1 Å². The zero-order valence-corrected chi connectivity index (χ0v) is 9.71. The Balaban J connectivity index is 2.58. The lowest BCUT2D eigenvalue weighted by Crippen LogP contribution is -2.02. The number of pyridine rings is 1. The number of nitrogen functional groups attached to an aromatic ring is 1. The van der Waals surface area contributed by atoms with Crippen molar-refractivity contribution in [1.29, 1.82) is 5.26 Å². The molecule has 0 aliphatic carbocycles. The van der Waals surface area contributed by atoms with Crippen LogP contribution in [0, 0.1) is 14.9 Å². The van der Waals surface area contributed by atoms with Crippen molar-refractivity contribution in [3.05, 3.63) is 33.8 Å². The van der Waals surface area contributed by atoms with Crippen molar-refractivity contribution < 1.29 is 0 Å². The number of hydrogen-bond donors (Lipinski definition) is 1. The number of nitrogens with zero attached hydrogens (tertiary/aromatic N) is 4. The lowest BCUT2D eigenvalue weighted by molar-refractivity contribution is 0.843. The fraction of sp³-hybridized carbons (Fsp3) is 0. The lowest BCUT2D eigenvalue weighted by Gasteiger charge is -2.02. The van der Waals surface area contributed by atoms with E-state index in [-0.39, 0.29) is 0 Å². The third-order valence-electron chi connectivity index (χ3n) is 1.78. The van der Waals surface area contributed by atoms with Crippen molar-refractivity contribution in [1.82, 2.24) is 14.8 Å². The van der Waals surface area contributed by atoms with E-state index in [4.69, 9.17) is 11.0 Å². The molecule has 2 heterocycles. The maximum atomic E-state index is 8.92. The van der Waals surface area contributed by atoms with E-state index in [1.807, 2.05) is 6.07 Å². The normalized spacial score (nSPS) is 9.87. The summed E-state index contributed by atoms with van der Waals surface area (Å²) in [7, 11) is 0. The van der Waals surface area contributed by atoms with Crippen LogP contribution in [0.15, 0.2) is 24.7 Å². The highest BCUT2D eigenvalue weighted by atomic mass is 127. The van der Waals surface area contributed by atoms with Gasteiger partial charge in [-0.25, -0.2) is 9.67 Å². The predicted octanol–water partition coefficient (Wildman–Crippen LogP) is 1.33. The molecule has 0 aromatic carbocycles. The quantitative estimate of drug-likeness (QED) is 0.806. The molecule has 0 radical (unpaired) electrons. The molecule has 0 unspecified atom stereocenters. The SMILES string of the molecule is N#Cc1cc(N)cnc1-n1cc(I)cn1. The van der Waals surface area contributed by atoms with Gasteiger partial charge in [0.2, 0.25) is 0 Å². The third-order valence-corrected chi connectivity index (χ3v) is 2.33. The lowest BCUT2D eigenvalue weighted by atomic mass is 10.2. The van der Waals surface area contributed by atoms with Crippen LogP contribution in [0.5, 0.6) is 0 Å². The molecule has 0 fully saturated rings. The van der Waals surface area contributed by atoms with Crippen LogP contribution < -0.4 is 5.73 Å². The van der Waals surface area contributed by atoms with Crippen LogP contribution in [0.1, 0.15) is 5.56 Å². The number of rotatable bonds is 1. The molecular weight excluding hydrogens is 305 g/mol. The first-order valence-electron chi connectivity index (χ1n) is 4.07. The van der Waals surface area contributed by atoms with Gasteiger partial charge in [0.05, 0.1) is 27.2 Å². The van der Waals surface area contributed by atoms with E-state index in [1.165, 1.54) is 6.20 Å². The number of hydrogen-bond acceptors (Lipinski definition) is 4. The van der Waals surface area contributed by atoms with Crippen LogP contribution in [-0.2, 0) is 0 Å². The molecule has 0 amide bonds. The summed E-state index contributed by atoms with van der Waals surface area (Å²) in [5.41, 5.74) is 6.42. The van der Waals surface area contributed by atoms with Crippen LogP contribution in [-0.4, -0.2) is 14.8 Å². The fourth-order valence-electron chi connectivity index (χ4n) is 1.16. The Kier molecular flexibility index (Phi) is 2.55. The Hall–Kier alpha value is -1.62. The van der Waals surface area contributed by atoms with Crippen LogP contribution in [0.4, 0.5) is 5.69 Å². The Labute approximate surface area is 99.7 Å². The summed E-state index contributed by atoms with van der Waals surface area (Å²) < 4.78 is 2.54. The minimum Gasteiger partial charge on any atom is -0.397 e. The van der Waals surface area contributed by atoms with Gasteiger partial charge in [-0.15, -0.1) is 0 Å². The zero-order chi connectivity index (χ0) is 10.8. The van der Waals surface area contributed by atoms with Gasteiger partial charge in [-0.3, -0.25) is 0 Å². The molecule has 0 aliphatic heterocycles. The van der Waals surface area contributed by atoms with E-state index in [0.29, 0.717) is 17.1 Å². The second-order valence-corrected chi connectivity index (χ2v) is 4.10. The second-order valence-electron chi connectivity index (χ2n) is 2.85. The number of nitriles is 1. The highest BCUT2D eigenvalue weighted by Gasteiger charge is 2.07. The van der Waals surface area contributed by atoms with Crippen molar-refractivity contribution in [2.24, 2.45) is 0 Å². The summed E-state index contributed by atoms with van der Waals surface area (Å²) in [5, 5.41) is 13.0. The molecule has 15 heavy (non-hydrogen) atoms. The molecule has 0 spiro atoms. The van der Waals surface area contributed by atoms with Gasteiger partial charge in [0.1, 0.15) is 6.07 Å². The maximum Gasteiger partial charge on any atom is 0.171 e. The van der Waals surface area contributed by atoms with Gasteiger partial charge in [-0.1, -0.05) is 0 Å². The summed E-state index contributed by atoms with van der Waals surface area (Å²) >= 11 is 2.14. The highest BCUT2D eigenvalue weighted by molar-refractivity contribution is 14.1. The van der Waals surface area contributed by atoms with E-state index < -0.39 is 0 Å². The van der Waals surface area contributed by atoms with Gasteiger partial charge in [-0.2, -0.15) is 10.4 Å². The smallest absolute Gasteiger partial charge is 0.171 e. The first kappa shape index (κ1) is 9.92. The third kappa shape index (κ3) is 1.92. The summed E-state index contributed by atoms with van der Waals surface area (Å²) in [4.78, 5) is 4.08. The molecule has 2 rings (SSSR count). The monoisotopic (exact) mass is 311 g/mol. The van der Waals surface area contributed by atoms with E-state index in [0.717, 1.165) is 3.57 Å². The van der Waals surface area contributed by atoms with Crippen molar-refractivity contribution in [2.75, 3.05) is 5.73 Å². The molecule has 74 valence electrons. The zero-order valence-electron chi connectivity index (χ0n) is 7.55. The molecule has 0 atom stereocenters. The van der Waals surface area contributed by atoms with Gasteiger partial charge in [0, 0.05) is 6.20 Å². The molecule has 0 bridgehead atoms. The molecule has 2 N–H and O–H groups in total. The molecule has 5 nitrogen and oxygen atoms in total. The van der Waals surface area contributed by atoms with Gasteiger partial charge >= 0.3 is 0 Å². The summed E-state index contributed by atoms with van der Waals surface area (Å²) in [6.07, 6.45) is 4.99. The Morgan fingerprint density at radius 2 is 2.27 bits per heavy atom. The second kappa shape index (κ2) is 3.86. The average molecular weight is 311 g/mol. The van der Waals surface area contributed by atoms with E-state index in [2.05, 4.69) is 32.7 Å². The van der Waals surface area contributed by atoms with E-state index >= 15 is 0 Å². The van der Waals surface area contributed by atoms with Crippen molar-refractivity contribution >= 4 is 28.3 Å². The molecule has 0 saturated heterocycles. The maximum absolute atomic E-state index is 8.92. The summed E-state index contributed by atoms with van der Waals surface area (Å²) in [6.45, 7) is 0. The first-order chi connectivity index (χ1) is 7.20. The molecule has 6 heteroatoms. The van der Waals surface area contributed by atoms with Gasteiger partial charge in [0.15, 0.2) is 5.82 Å². The van der Waals surface area contributed by atoms with Gasteiger partial charge in [0.25, 0.3) is 0 Å². The van der Waals surface area contributed by atoms with Crippen LogP contribution in [0.25, 0.3) is 5.82 Å². The Bertz CT molecular complexity index is 540. The molecule has 2 aromatic heterocycles. The van der Waals surface area contributed by atoms with Crippen molar-refractivity contribution in [3.8, 4) is 11.9 Å². The molecule has 2 aromatic rings. The number of aromatic nitrogens is 3. The topological polar surface area (TPSA) is 80.5 Å². The van der Waals surface area contributed by atoms with Gasteiger partial charge < -0.3 is 5.73 Å². The number of nitrogens with two attached hydrogens (primary N) is 1. The standard InChI is InChI=1S/C9H6IN5/c10-7-3-14-15(5-7)9-6(2-11)1-8(12)4-13-9/h1,3-5H,12H2. The molecule has 0 aliphatic rings. The molecule has 0 saturated carbocycles.